The maximum Gasteiger partial charge on any atom is 0.313 e. The largest absolute Gasteiger partial charge is 0.481 e. The summed E-state index contributed by atoms with van der Waals surface area (Å²) in [7, 11) is 1.44. The van der Waals surface area contributed by atoms with E-state index in [1.807, 2.05) is 0 Å². The van der Waals surface area contributed by atoms with Crippen molar-refractivity contribution in [1.29, 1.82) is 0 Å². The summed E-state index contributed by atoms with van der Waals surface area (Å²) >= 11 is 6.16. The minimum Gasteiger partial charge on any atom is -0.481 e. The standard InChI is InChI=1S/C18H23ClN2O5/c1-11(2)15(22)20-12-4-5-14(19)13(8-12)16(23)21-7-6-18(9-21,10-26-3)17(24)25/h4-5,8,11H,6-7,9-10H2,1-3H3,(H,20,22)(H,24,25). The van der Waals surface area contributed by atoms with Gasteiger partial charge in [-0.2, -0.15) is 0 Å². The van der Waals surface area contributed by atoms with E-state index in [9.17, 15) is 19.5 Å². The zero-order valence-corrected chi connectivity index (χ0v) is 15.8. The summed E-state index contributed by atoms with van der Waals surface area (Å²) in [4.78, 5) is 37.8. The molecule has 8 heteroatoms. The number of benzene rings is 1. The molecule has 26 heavy (non-hydrogen) atoms. The Hall–Kier alpha value is -2.12. The zero-order chi connectivity index (χ0) is 19.5. The number of likely N-dealkylation sites (tertiary alicyclic amines) is 1. The average molecular weight is 383 g/mol. The lowest BCUT2D eigenvalue weighted by atomic mass is 9.88. The van der Waals surface area contributed by atoms with Crippen molar-refractivity contribution in [2.75, 3.05) is 32.1 Å². The molecule has 0 aliphatic carbocycles. The second-order valence-corrected chi connectivity index (χ2v) is 7.24. The molecule has 2 amide bonds. The van der Waals surface area contributed by atoms with Gasteiger partial charge in [0.25, 0.3) is 5.91 Å². The first-order valence-electron chi connectivity index (χ1n) is 8.32. The second kappa shape index (κ2) is 8.05. The van der Waals surface area contributed by atoms with Crippen LogP contribution in [0.15, 0.2) is 18.2 Å². The predicted molar refractivity (Wildman–Crippen MR) is 97.4 cm³/mol. The van der Waals surface area contributed by atoms with Gasteiger partial charge in [-0.05, 0) is 24.6 Å². The van der Waals surface area contributed by atoms with Crippen molar-refractivity contribution >= 4 is 35.1 Å². The van der Waals surface area contributed by atoms with Gasteiger partial charge in [0, 0.05) is 31.8 Å². The van der Waals surface area contributed by atoms with E-state index < -0.39 is 11.4 Å². The zero-order valence-electron chi connectivity index (χ0n) is 15.0. The van der Waals surface area contributed by atoms with Gasteiger partial charge in [0.2, 0.25) is 5.91 Å². The molecule has 142 valence electrons. The molecule has 1 aromatic rings. The molecule has 1 heterocycles. The number of carbonyl (C=O) groups excluding carboxylic acids is 2. The summed E-state index contributed by atoms with van der Waals surface area (Å²) in [5.74, 6) is -1.72. The summed E-state index contributed by atoms with van der Waals surface area (Å²) < 4.78 is 5.04. The number of carboxylic acid groups (broad SMARTS) is 1. The molecule has 1 aliphatic rings. The molecule has 2 N–H and O–H groups in total. The summed E-state index contributed by atoms with van der Waals surface area (Å²) in [6.07, 6.45) is 0.309. The van der Waals surface area contributed by atoms with Gasteiger partial charge in [-0.3, -0.25) is 14.4 Å². The number of nitrogens with one attached hydrogen (secondary N) is 1. The summed E-state index contributed by atoms with van der Waals surface area (Å²) in [6, 6.07) is 4.68. The Kier molecular flexibility index (Phi) is 6.26. The smallest absolute Gasteiger partial charge is 0.313 e. The number of amides is 2. The number of carbonyl (C=O) groups is 3. The number of ether oxygens (including phenoxy) is 1. The molecular weight excluding hydrogens is 360 g/mol. The molecule has 0 bridgehead atoms. The number of rotatable bonds is 6. The van der Waals surface area contributed by atoms with Crippen LogP contribution >= 0.6 is 11.6 Å². The third-order valence-electron chi connectivity index (χ3n) is 4.50. The van der Waals surface area contributed by atoms with E-state index in [1.54, 1.807) is 26.0 Å². The fraction of sp³-hybridized carbons (Fsp3) is 0.500. The number of aliphatic carboxylic acids is 1. The number of hydrogen-bond acceptors (Lipinski definition) is 4. The van der Waals surface area contributed by atoms with Crippen LogP contribution in [0.5, 0.6) is 0 Å². The van der Waals surface area contributed by atoms with Crippen molar-refractivity contribution in [3.05, 3.63) is 28.8 Å². The first-order valence-corrected chi connectivity index (χ1v) is 8.70. The summed E-state index contributed by atoms with van der Waals surface area (Å²) in [5.41, 5.74) is -0.413. The Labute approximate surface area is 157 Å². The van der Waals surface area contributed by atoms with Crippen LogP contribution in [0.1, 0.15) is 30.6 Å². The van der Waals surface area contributed by atoms with Crippen LogP contribution in [0.2, 0.25) is 5.02 Å². The van der Waals surface area contributed by atoms with Gasteiger partial charge in [0.1, 0.15) is 5.41 Å². The van der Waals surface area contributed by atoms with Gasteiger partial charge in [0.05, 0.1) is 17.2 Å². The minimum absolute atomic E-state index is 0.0321. The van der Waals surface area contributed by atoms with Gasteiger partial charge in [-0.15, -0.1) is 0 Å². The van der Waals surface area contributed by atoms with Crippen molar-refractivity contribution < 1.29 is 24.2 Å². The molecule has 1 unspecified atom stereocenters. The highest BCUT2D eigenvalue weighted by atomic mass is 35.5. The quantitative estimate of drug-likeness (QED) is 0.788. The van der Waals surface area contributed by atoms with Crippen LogP contribution < -0.4 is 5.32 Å². The Morgan fingerprint density at radius 3 is 2.65 bits per heavy atom. The van der Waals surface area contributed by atoms with Crippen molar-refractivity contribution in [2.45, 2.75) is 20.3 Å². The van der Waals surface area contributed by atoms with Crippen LogP contribution in [0.3, 0.4) is 0 Å². The molecule has 0 aromatic heterocycles. The number of nitrogens with zero attached hydrogens (tertiary/aromatic N) is 1. The van der Waals surface area contributed by atoms with Crippen LogP contribution in [-0.2, 0) is 14.3 Å². The molecule has 0 spiro atoms. The van der Waals surface area contributed by atoms with Crippen LogP contribution in [-0.4, -0.2) is 54.6 Å². The summed E-state index contributed by atoms with van der Waals surface area (Å²) in [6.45, 7) is 3.91. The molecule has 1 atom stereocenters. The van der Waals surface area contributed by atoms with E-state index in [1.165, 1.54) is 18.1 Å². The maximum absolute atomic E-state index is 12.8. The predicted octanol–water partition coefficient (Wildman–Crippen LogP) is 2.50. The topological polar surface area (TPSA) is 95.9 Å². The Morgan fingerprint density at radius 2 is 2.08 bits per heavy atom. The highest BCUT2D eigenvalue weighted by molar-refractivity contribution is 6.34. The molecule has 1 fully saturated rings. The monoisotopic (exact) mass is 382 g/mol. The Balaban J connectivity index is 2.22. The third kappa shape index (κ3) is 4.16. The molecule has 0 radical (unpaired) electrons. The van der Waals surface area contributed by atoms with Gasteiger partial charge >= 0.3 is 5.97 Å². The normalized spacial score (nSPS) is 19.7. The average Bonchev–Trinajstić information content (AvgIpc) is 3.02. The molecule has 0 saturated carbocycles. The maximum atomic E-state index is 12.8. The van der Waals surface area contributed by atoms with Gasteiger partial charge in [-0.1, -0.05) is 25.4 Å². The Bertz CT molecular complexity index is 722. The fourth-order valence-electron chi connectivity index (χ4n) is 2.90. The van der Waals surface area contributed by atoms with Crippen molar-refractivity contribution in [3.8, 4) is 0 Å². The van der Waals surface area contributed by atoms with Crippen molar-refractivity contribution in [1.82, 2.24) is 4.90 Å². The number of carboxylic acids is 1. The minimum atomic E-state index is -1.11. The fourth-order valence-corrected chi connectivity index (χ4v) is 3.10. The lowest BCUT2D eigenvalue weighted by Gasteiger charge is -2.24. The van der Waals surface area contributed by atoms with E-state index in [2.05, 4.69) is 5.32 Å². The highest BCUT2D eigenvalue weighted by Gasteiger charge is 2.46. The molecule has 1 aromatic carbocycles. The number of hydrogen-bond donors (Lipinski definition) is 2. The van der Waals surface area contributed by atoms with E-state index in [4.69, 9.17) is 16.3 Å². The van der Waals surface area contributed by atoms with Crippen LogP contribution in [0.4, 0.5) is 5.69 Å². The summed E-state index contributed by atoms with van der Waals surface area (Å²) in [5, 5.41) is 12.5. The lowest BCUT2D eigenvalue weighted by molar-refractivity contribution is -0.151. The lowest BCUT2D eigenvalue weighted by Crippen LogP contribution is -2.40. The van der Waals surface area contributed by atoms with E-state index in [0.717, 1.165) is 0 Å². The first-order chi connectivity index (χ1) is 12.2. The van der Waals surface area contributed by atoms with E-state index >= 15 is 0 Å². The molecule has 7 nitrogen and oxygen atoms in total. The van der Waals surface area contributed by atoms with E-state index in [-0.39, 0.29) is 41.5 Å². The SMILES string of the molecule is COCC1(C(=O)O)CCN(C(=O)c2cc(NC(=O)C(C)C)ccc2Cl)C1. The number of halogens is 1. The van der Waals surface area contributed by atoms with Gasteiger partial charge < -0.3 is 20.1 Å². The van der Waals surface area contributed by atoms with Crippen LogP contribution in [0.25, 0.3) is 0 Å². The number of methoxy groups -OCH3 is 1. The first kappa shape index (κ1) is 20.2. The van der Waals surface area contributed by atoms with Gasteiger partial charge in [-0.25, -0.2) is 0 Å². The molecule has 1 aliphatic heterocycles. The van der Waals surface area contributed by atoms with Crippen LogP contribution in [0, 0.1) is 11.3 Å². The van der Waals surface area contributed by atoms with Crippen molar-refractivity contribution in [3.63, 3.8) is 0 Å². The molecule has 2 rings (SSSR count). The van der Waals surface area contributed by atoms with E-state index in [0.29, 0.717) is 18.7 Å². The third-order valence-corrected chi connectivity index (χ3v) is 4.83. The highest BCUT2D eigenvalue weighted by Crippen LogP contribution is 2.33. The second-order valence-electron chi connectivity index (χ2n) is 6.83. The molecule has 1 saturated heterocycles. The molecular formula is C18H23ClN2O5. The number of anilines is 1. The van der Waals surface area contributed by atoms with Crippen molar-refractivity contribution in [2.24, 2.45) is 11.3 Å². The Morgan fingerprint density at radius 1 is 1.38 bits per heavy atom. The van der Waals surface area contributed by atoms with Gasteiger partial charge in [0.15, 0.2) is 0 Å².